The number of fused-ring (bicyclic) bond motifs is 1. The molecule has 0 spiro atoms. The molecule has 1 aliphatic carbocycles. The molecule has 4 rings (SSSR count). The first-order valence-corrected chi connectivity index (χ1v) is 10.9. The predicted octanol–water partition coefficient (Wildman–Crippen LogP) is 4.09. The first-order valence-electron chi connectivity index (χ1n) is 10.9. The quantitative estimate of drug-likeness (QED) is 0.629. The zero-order valence-corrected chi connectivity index (χ0v) is 18.6. The molecule has 3 aromatic heterocycles. The molecular formula is C22H32N6O2. The van der Waals surface area contributed by atoms with Crippen LogP contribution in [-0.4, -0.2) is 35.8 Å². The number of aliphatic hydroxyl groups is 1. The molecule has 1 saturated carbocycles. The van der Waals surface area contributed by atoms with Gasteiger partial charge in [0.2, 0.25) is 0 Å². The van der Waals surface area contributed by atoms with E-state index in [-0.39, 0.29) is 6.04 Å². The molecule has 3 heterocycles. The highest BCUT2D eigenvalue weighted by Crippen LogP contribution is 2.39. The van der Waals surface area contributed by atoms with Gasteiger partial charge in [-0.25, -0.2) is 15.0 Å². The Morgan fingerprint density at radius 1 is 1.37 bits per heavy atom. The summed E-state index contributed by atoms with van der Waals surface area (Å²) in [5.41, 5.74) is 2.32. The Morgan fingerprint density at radius 3 is 2.83 bits per heavy atom. The molecule has 0 aliphatic heterocycles. The SMILES string of the molecule is CC[C@H](C)Nc1nc([C@]2(O)CCC[C@@H](C)C2)nc2c1ncn2Cc1c(C)noc1C. The number of hydrogen-bond acceptors (Lipinski definition) is 7. The Labute approximate surface area is 177 Å². The van der Waals surface area contributed by atoms with Crippen molar-refractivity contribution in [1.82, 2.24) is 24.7 Å². The molecule has 0 bridgehead atoms. The second-order valence-electron chi connectivity index (χ2n) is 8.93. The van der Waals surface area contributed by atoms with Gasteiger partial charge in [-0.15, -0.1) is 0 Å². The average molecular weight is 413 g/mol. The van der Waals surface area contributed by atoms with Gasteiger partial charge in [-0.3, -0.25) is 0 Å². The molecule has 8 nitrogen and oxygen atoms in total. The summed E-state index contributed by atoms with van der Waals surface area (Å²) in [4.78, 5) is 14.2. The summed E-state index contributed by atoms with van der Waals surface area (Å²) in [5.74, 6) is 2.42. The second-order valence-corrected chi connectivity index (χ2v) is 8.93. The first kappa shape index (κ1) is 20.8. The van der Waals surface area contributed by atoms with Crippen LogP contribution in [0.3, 0.4) is 0 Å². The summed E-state index contributed by atoms with van der Waals surface area (Å²) >= 11 is 0. The summed E-state index contributed by atoms with van der Waals surface area (Å²) in [6.45, 7) is 10.8. The Kier molecular flexibility index (Phi) is 5.53. The van der Waals surface area contributed by atoms with E-state index in [1.54, 1.807) is 6.33 Å². The molecule has 8 heteroatoms. The third-order valence-corrected chi connectivity index (χ3v) is 6.36. The van der Waals surface area contributed by atoms with Crippen LogP contribution in [0.15, 0.2) is 10.9 Å². The minimum absolute atomic E-state index is 0.239. The van der Waals surface area contributed by atoms with Gasteiger partial charge >= 0.3 is 0 Å². The van der Waals surface area contributed by atoms with Crippen LogP contribution in [0, 0.1) is 19.8 Å². The maximum atomic E-state index is 11.5. The molecule has 1 aliphatic rings. The van der Waals surface area contributed by atoms with Crippen LogP contribution in [-0.2, 0) is 12.1 Å². The van der Waals surface area contributed by atoms with Gasteiger partial charge in [0, 0.05) is 11.6 Å². The van der Waals surface area contributed by atoms with Crippen LogP contribution in [0.4, 0.5) is 5.82 Å². The predicted molar refractivity (Wildman–Crippen MR) is 115 cm³/mol. The van der Waals surface area contributed by atoms with Crippen molar-refractivity contribution < 1.29 is 9.63 Å². The fraction of sp³-hybridized carbons (Fsp3) is 0.636. The minimum atomic E-state index is -1.00. The molecule has 0 radical (unpaired) electrons. The zero-order valence-electron chi connectivity index (χ0n) is 18.6. The molecule has 30 heavy (non-hydrogen) atoms. The summed E-state index contributed by atoms with van der Waals surface area (Å²) in [6.07, 6.45) is 6.22. The molecule has 162 valence electrons. The fourth-order valence-electron chi connectivity index (χ4n) is 4.33. The van der Waals surface area contributed by atoms with E-state index in [0.29, 0.717) is 36.9 Å². The van der Waals surface area contributed by atoms with E-state index in [1.807, 2.05) is 18.4 Å². The second kappa shape index (κ2) is 7.98. The highest BCUT2D eigenvalue weighted by atomic mass is 16.5. The van der Waals surface area contributed by atoms with Crippen molar-refractivity contribution in [3.05, 3.63) is 29.2 Å². The van der Waals surface area contributed by atoms with Crippen LogP contribution in [0.2, 0.25) is 0 Å². The van der Waals surface area contributed by atoms with Gasteiger partial charge in [0.25, 0.3) is 0 Å². The van der Waals surface area contributed by atoms with Gasteiger partial charge in [0.15, 0.2) is 17.3 Å². The smallest absolute Gasteiger partial charge is 0.166 e. The van der Waals surface area contributed by atoms with E-state index in [0.717, 1.165) is 47.4 Å². The average Bonchev–Trinajstić information content (AvgIpc) is 3.26. The van der Waals surface area contributed by atoms with Gasteiger partial charge in [-0.1, -0.05) is 25.4 Å². The number of imidazole rings is 1. The van der Waals surface area contributed by atoms with Gasteiger partial charge in [0.1, 0.15) is 16.9 Å². The van der Waals surface area contributed by atoms with Crippen molar-refractivity contribution in [1.29, 1.82) is 0 Å². The maximum Gasteiger partial charge on any atom is 0.166 e. The summed E-state index contributed by atoms with van der Waals surface area (Å²) in [6, 6.07) is 0.239. The Balaban J connectivity index is 1.82. The fourth-order valence-corrected chi connectivity index (χ4v) is 4.33. The first-order chi connectivity index (χ1) is 14.3. The van der Waals surface area contributed by atoms with Crippen molar-refractivity contribution >= 4 is 17.0 Å². The van der Waals surface area contributed by atoms with E-state index in [4.69, 9.17) is 14.5 Å². The lowest BCUT2D eigenvalue weighted by atomic mass is 9.78. The Morgan fingerprint density at radius 2 is 2.17 bits per heavy atom. The van der Waals surface area contributed by atoms with Gasteiger partial charge in [0.05, 0.1) is 18.6 Å². The largest absolute Gasteiger partial charge is 0.382 e. The van der Waals surface area contributed by atoms with Gasteiger partial charge < -0.3 is 19.5 Å². The van der Waals surface area contributed by atoms with E-state index in [9.17, 15) is 5.11 Å². The normalized spacial score (nSPS) is 23.1. The lowest BCUT2D eigenvalue weighted by Gasteiger charge is -2.34. The minimum Gasteiger partial charge on any atom is -0.382 e. The molecule has 3 aromatic rings. The summed E-state index contributed by atoms with van der Waals surface area (Å²) in [7, 11) is 0. The summed E-state index contributed by atoms with van der Waals surface area (Å²) < 4.78 is 7.32. The van der Waals surface area contributed by atoms with Crippen LogP contribution in [0.25, 0.3) is 11.2 Å². The van der Waals surface area contributed by atoms with Gasteiger partial charge in [-0.2, -0.15) is 0 Å². The van der Waals surface area contributed by atoms with Crippen molar-refractivity contribution in [2.75, 3.05) is 5.32 Å². The molecule has 0 amide bonds. The highest BCUT2D eigenvalue weighted by molar-refractivity contribution is 5.83. The number of aryl methyl sites for hydroxylation is 2. The maximum absolute atomic E-state index is 11.5. The van der Waals surface area contributed by atoms with Gasteiger partial charge in [-0.05, 0) is 52.4 Å². The third kappa shape index (κ3) is 3.80. The number of nitrogens with zero attached hydrogens (tertiary/aromatic N) is 5. The number of hydrogen-bond donors (Lipinski definition) is 2. The molecule has 1 fully saturated rings. The molecular weight excluding hydrogens is 380 g/mol. The number of anilines is 1. The lowest BCUT2D eigenvalue weighted by molar-refractivity contribution is -0.0253. The number of rotatable bonds is 6. The van der Waals surface area contributed by atoms with E-state index < -0.39 is 5.60 Å². The van der Waals surface area contributed by atoms with Crippen LogP contribution < -0.4 is 5.32 Å². The Hall–Kier alpha value is -2.48. The topological polar surface area (TPSA) is 102 Å². The zero-order chi connectivity index (χ0) is 21.5. The van der Waals surface area contributed by atoms with Crippen LogP contribution in [0.5, 0.6) is 0 Å². The number of aromatic nitrogens is 5. The third-order valence-electron chi connectivity index (χ3n) is 6.36. The monoisotopic (exact) mass is 412 g/mol. The standard InChI is InChI=1S/C22H32N6O2/c1-6-14(3)24-19-18-20(26-21(25-19)22(29)9-7-8-13(2)10-22)28(12-23-18)11-17-15(4)27-30-16(17)5/h12-14,29H,6-11H2,1-5H3,(H,24,25,26)/t13-,14+,22+/m1/s1. The van der Waals surface area contributed by atoms with Crippen molar-refractivity contribution in [3.8, 4) is 0 Å². The number of nitrogens with one attached hydrogen (secondary N) is 1. The van der Waals surface area contributed by atoms with E-state index in [2.05, 4.69) is 36.2 Å². The molecule has 0 unspecified atom stereocenters. The molecule has 2 N–H and O–H groups in total. The molecule has 3 atom stereocenters. The lowest BCUT2D eigenvalue weighted by Crippen LogP contribution is -2.34. The van der Waals surface area contributed by atoms with Crippen LogP contribution in [0.1, 0.15) is 75.7 Å². The van der Waals surface area contributed by atoms with Crippen molar-refractivity contribution in [2.24, 2.45) is 5.92 Å². The van der Waals surface area contributed by atoms with E-state index in [1.165, 1.54) is 0 Å². The molecule has 0 aromatic carbocycles. The summed E-state index contributed by atoms with van der Waals surface area (Å²) in [5, 5.41) is 19.0. The van der Waals surface area contributed by atoms with Crippen molar-refractivity contribution in [3.63, 3.8) is 0 Å². The Bertz CT molecular complexity index is 1020. The van der Waals surface area contributed by atoms with Crippen LogP contribution >= 0.6 is 0 Å². The van der Waals surface area contributed by atoms with Crippen molar-refractivity contribution in [2.45, 2.75) is 84.9 Å². The van der Waals surface area contributed by atoms with E-state index >= 15 is 0 Å². The molecule has 0 saturated heterocycles. The highest BCUT2D eigenvalue weighted by Gasteiger charge is 2.38.